The maximum atomic E-state index is 12.7. The summed E-state index contributed by atoms with van der Waals surface area (Å²) in [6.07, 6.45) is 0.839. The van der Waals surface area contributed by atoms with Crippen molar-refractivity contribution in [2.24, 2.45) is 5.84 Å². The highest BCUT2D eigenvalue weighted by molar-refractivity contribution is 5.75. The Morgan fingerprint density at radius 2 is 2.33 bits per heavy atom. The minimum Gasteiger partial charge on any atom is -0.493 e. The summed E-state index contributed by atoms with van der Waals surface area (Å²) in [7, 11) is 0. The van der Waals surface area contributed by atoms with Crippen LogP contribution in [0.3, 0.4) is 0 Å². The van der Waals surface area contributed by atoms with Crippen LogP contribution in [0.15, 0.2) is 24.3 Å². The fraction of sp³-hybridized carbons (Fsp3) is 0.300. The van der Waals surface area contributed by atoms with Crippen molar-refractivity contribution in [3.05, 3.63) is 30.1 Å². The van der Waals surface area contributed by atoms with Crippen LogP contribution in [0.5, 0.6) is 5.75 Å². The predicted molar refractivity (Wildman–Crippen MR) is 53.5 cm³/mol. The fourth-order valence-corrected chi connectivity index (χ4v) is 1.05. The smallest absolute Gasteiger partial charge is 0.234 e. The Balaban J connectivity index is 2.23. The SMILES string of the molecule is NNC(=O)CCCOc1cccc(F)c1. The number of benzene rings is 1. The summed E-state index contributed by atoms with van der Waals surface area (Å²) in [6, 6.07) is 5.86. The Kier molecular flexibility index (Phi) is 4.56. The van der Waals surface area contributed by atoms with Gasteiger partial charge in [-0.1, -0.05) is 6.07 Å². The maximum absolute atomic E-state index is 12.7. The molecule has 0 saturated heterocycles. The minimum absolute atomic E-state index is 0.238. The van der Waals surface area contributed by atoms with Crippen molar-refractivity contribution in [2.45, 2.75) is 12.8 Å². The van der Waals surface area contributed by atoms with Gasteiger partial charge in [0.1, 0.15) is 11.6 Å². The van der Waals surface area contributed by atoms with Crippen LogP contribution in [-0.4, -0.2) is 12.5 Å². The Morgan fingerprint density at radius 1 is 1.53 bits per heavy atom. The van der Waals surface area contributed by atoms with E-state index in [4.69, 9.17) is 10.6 Å². The molecule has 1 amide bonds. The maximum Gasteiger partial charge on any atom is 0.234 e. The topological polar surface area (TPSA) is 64.3 Å². The minimum atomic E-state index is -0.341. The lowest BCUT2D eigenvalue weighted by atomic mass is 10.3. The molecule has 0 radical (unpaired) electrons. The van der Waals surface area contributed by atoms with Gasteiger partial charge in [0, 0.05) is 12.5 Å². The van der Waals surface area contributed by atoms with Gasteiger partial charge in [0.15, 0.2) is 0 Å². The molecule has 0 spiro atoms. The van der Waals surface area contributed by atoms with Gasteiger partial charge in [0.05, 0.1) is 6.61 Å². The Bertz CT molecular complexity index is 331. The van der Waals surface area contributed by atoms with E-state index in [2.05, 4.69) is 0 Å². The van der Waals surface area contributed by atoms with Crippen LogP contribution in [0.2, 0.25) is 0 Å². The van der Waals surface area contributed by atoms with Gasteiger partial charge in [0.25, 0.3) is 0 Å². The third kappa shape index (κ3) is 4.42. The molecule has 82 valence electrons. The van der Waals surface area contributed by atoms with Crippen molar-refractivity contribution in [3.63, 3.8) is 0 Å². The first-order valence-corrected chi connectivity index (χ1v) is 4.60. The molecule has 0 bridgehead atoms. The molecule has 1 aromatic carbocycles. The zero-order valence-corrected chi connectivity index (χ0v) is 8.20. The van der Waals surface area contributed by atoms with Crippen molar-refractivity contribution >= 4 is 5.91 Å². The molecule has 0 saturated carbocycles. The molecule has 0 heterocycles. The molecular weight excluding hydrogens is 199 g/mol. The second-order valence-electron chi connectivity index (χ2n) is 2.98. The van der Waals surface area contributed by atoms with Crippen LogP contribution in [0.1, 0.15) is 12.8 Å². The van der Waals surface area contributed by atoms with Crippen molar-refractivity contribution in [1.29, 1.82) is 0 Å². The first kappa shape index (κ1) is 11.5. The second-order valence-corrected chi connectivity index (χ2v) is 2.98. The average Bonchev–Trinajstić information content (AvgIpc) is 2.24. The molecule has 3 N–H and O–H groups in total. The fourth-order valence-electron chi connectivity index (χ4n) is 1.05. The molecule has 0 unspecified atom stereocenters. The van der Waals surface area contributed by atoms with E-state index in [1.165, 1.54) is 12.1 Å². The molecule has 0 fully saturated rings. The van der Waals surface area contributed by atoms with Gasteiger partial charge in [-0.3, -0.25) is 10.2 Å². The van der Waals surface area contributed by atoms with Crippen LogP contribution >= 0.6 is 0 Å². The van der Waals surface area contributed by atoms with E-state index in [9.17, 15) is 9.18 Å². The van der Waals surface area contributed by atoms with Crippen LogP contribution in [0, 0.1) is 5.82 Å². The first-order valence-electron chi connectivity index (χ1n) is 4.60. The number of halogens is 1. The van der Waals surface area contributed by atoms with Gasteiger partial charge in [-0.05, 0) is 18.6 Å². The number of hydrogen-bond acceptors (Lipinski definition) is 3. The quantitative estimate of drug-likeness (QED) is 0.331. The molecule has 0 aromatic heterocycles. The van der Waals surface area contributed by atoms with E-state index >= 15 is 0 Å². The van der Waals surface area contributed by atoms with Crippen LogP contribution in [-0.2, 0) is 4.79 Å². The Morgan fingerprint density at radius 3 is 3.00 bits per heavy atom. The third-order valence-corrected chi connectivity index (χ3v) is 1.77. The van der Waals surface area contributed by atoms with Gasteiger partial charge >= 0.3 is 0 Å². The van der Waals surface area contributed by atoms with Crippen molar-refractivity contribution in [3.8, 4) is 5.75 Å². The van der Waals surface area contributed by atoms with E-state index in [0.29, 0.717) is 25.2 Å². The van der Waals surface area contributed by atoms with Gasteiger partial charge in [0.2, 0.25) is 5.91 Å². The number of amides is 1. The average molecular weight is 212 g/mol. The summed E-state index contributed by atoms with van der Waals surface area (Å²) in [4.78, 5) is 10.7. The number of nitrogens with two attached hydrogens (primary N) is 1. The van der Waals surface area contributed by atoms with E-state index in [1.54, 1.807) is 12.1 Å². The summed E-state index contributed by atoms with van der Waals surface area (Å²) < 4.78 is 17.9. The predicted octanol–water partition coefficient (Wildman–Crippen LogP) is 0.975. The number of hydrogen-bond donors (Lipinski definition) is 2. The van der Waals surface area contributed by atoms with Gasteiger partial charge in [-0.25, -0.2) is 10.2 Å². The normalized spacial score (nSPS) is 9.73. The van der Waals surface area contributed by atoms with E-state index < -0.39 is 0 Å². The summed E-state index contributed by atoms with van der Waals surface area (Å²) >= 11 is 0. The highest BCUT2D eigenvalue weighted by atomic mass is 19.1. The Labute approximate surface area is 87.2 Å². The molecule has 15 heavy (non-hydrogen) atoms. The highest BCUT2D eigenvalue weighted by Crippen LogP contribution is 2.12. The second kappa shape index (κ2) is 5.98. The van der Waals surface area contributed by atoms with Crippen molar-refractivity contribution < 1.29 is 13.9 Å². The summed E-state index contributed by atoms with van der Waals surface area (Å²) in [5, 5.41) is 0. The van der Waals surface area contributed by atoms with E-state index in [1.807, 2.05) is 5.43 Å². The number of hydrazine groups is 1. The molecule has 1 rings (SSSR count). The van der Waals surface area contributed by atoms with Crippen LogP contribution < -0.4 is 16.0 Å². The lowest BCUT2D eigenvalue weighted by Crippen LogP contribution is -2.29. The standard InChI is InChI=1S/C10H13FN2O2/c11-8-3-1-4-9(7-8)15-6-2-5-10(14)13-12/h1,3-4,7H,2,5-6,12H2,(H,13,14). The molecule has 0 atom stereocenters. The van der Waals surface area contributed by atoms with Gasteiger partial charge < -0.3 is 4.74 Å². The molecular formula is C10H13FN2O2. The molecule has 5 heteroatoms. The number of rotatable bonds is 5. The molecule has 0 aliphatic carbocycles. The highest BCUT2D eigenvalue weighted by Gasteiger charge is 1.99. The zero-order valence-electron chi connectivity index (χ0n) is 8.20. The largest absolute Gasteiger partial charge is 0.493 e. The van der Waals surface area contributed by atoms with E-state index in [0.717, 1.165) is 0 Å². The Hall–Kier alpha value is -1.62. The molecule has 0 aliphatic rings. The van der Waals surface area contributed by atoms with Crippen LogP contribution in [0.4, 0.5) is 4.39 Å². The lowest BCUT2D eigenvalue weighted by molar-refractivity contribution is -0.121. The number of nitrogens with one attached hydrogen (secondary N) is 1. The van der Waals surface area contributed by atoms with Crippen LogP contribution in [0.25, 0.3) is 0 Å². The lowest BCUT2D eigenvalue weighted by Gasteiger charge is -2.05. The molecule has 0 aliphatic heterocycles. The summed E-state index contributed by atoms with van der Waals surface area (Å²) in [5.41, 5.74) is 2.02. The van der Waals surface area contributed by atoms with Crippen molar-refractivity contribution in [1.82, 2.24) is 5.43 Å². The van der Waals surface area contributed by atoms with Gasteiger partial charge in [-0.15, -0.1) is 0 Å². The zero-order chi connectivity index (χ0) is 11.1. The first-order chi connectivity index (χ1) is 7.22. The van der Waals surface area contributed by atoms with E-state index in [-0.39, 0.29) is 11.7 Å². The van der Waals surface area contributed by atoms with Crippen molar-refractivity contribution in [2.75, 3.05) is 6.61 Å². The molecule has 4 nitrogen and oxygen atoms in total. The number of ether oxygens (including phenoxy) is 1. The monoisotopic (exact) mass is 212 g/mol. The number of carbonyl (C=O) groups excluding carboxylic acids is 1. The summed E-state index contributed by atoms with van der Waals surface area (Å²) in [6.45, 7) is 0.358. The number of carbonyl (C=O) groups is 1. The van der Waals surface area contributed by atoms with Gasteiger partial charge in [-0.2, -0.15) is 0 Å². The third-order valence-electron chi connectivity index (χ3n) is 1.77. The summed E-state index contributed by atoms with van der Waals surface area (Å²) in [5.74, 6) is 4.78. The molecule has 1 aromatic rings.